The van der Waals surface area contributed by atoms with Crippen molar-refractivity contribution in [3.63, 3.8) is 0 Å². The Morgan fingerprint density at radius 3 is 2.45 bits per heavy atom. The molecular weight excluding hydrogens is 401 g/mol. The molecule has 0 aliphatic heterocycles. The first kappa shape index (κ1) is 15.9. The van der Waals surface area contributed by atoms with Crippen LogP contribution in [0.25, 0.3) is 0 Å². The fraction of sp³-hybridized carbons (Fsp3) is 0.250. The Morgan fingerprint density at radius 1 is 1.10 bits per heavy atom. The van der Waals surface area contributed by atoms with Crippen LogP contribution in [0.5, 0.6) is 0 Å². The van der Waals surface area contributed by atoms with Gasteiger partial charge in [-0.25, -0.2) is 0 Å². The van der Waals surface area contributed by atoms with E-state index in [-0.39, 0.29) is 6.04 Å². The van der Waals surface area contributed by atoms with Gasteiger partial charge in [-0.1, -0.05) is 53.0 Å². The second-order valence-electron chi connectivity index (χ2n) is 4.66. The average Bonchev–Trinajstić information content (AvgIpc) is 2.43. The van der Waals surface area contributed by atoms with E-state index in [2.05, 4.69) is 62.3 Å². The number of rotatable bonds is 5. The number of halogens is 3. The van der Waals surface area contributed by atoms with Crippen LogP contribution in [0.2, 0.25) is 5.02 Å². The van der Waals surface area contributed by atoms with Crippen molar-refractivity contribution in [3.8, 4) is 0 Å². The zero-order valence-electron chi connectivity index (χ0n) is 11.2. The minimum Gasteiger partial charge on any atom is -0.377 e. The summed E-state index contributed by atoms with van der Waals surface area (Å²) in [7, 11) is 0. The Bertz CT molecular complexity index is 569. The van der Waals surface area contributed by atoms with Crippen LogP contribution in [0.15, 0.2) is 51.4 Å². The van der Waals surface area contributed by atoms with Crippen molar-refractivity contribution in [2.24, 2.45) is 0 Å². The molecule has 106 valence electrons. The van der Waals surface area contributed by atoms with Crippen LogP contribution in [-0.4, -0.2) is 0 Å². The van der Waals surface area contributed by atoms with E-state index in [4.69, 9.17) is 11.6 Å². The summed E-state index contributed by atoms with van der Waals surface area (Å²) in [5, 5.41) is 4.38. The van der Waals surface area contributed by atoms with Gasteiger partial charge in [0.1, 0.15) is 0 Å². The maximum absolute atomic E-state index is 5.97. The van der Waals surface area contributed by atoms with Gasteiger partial charge < -0.3 is 5.32 Å². The molecule has 2 rings (SSSR count). The Hall–Kier alpha value is -0.510. The van der Waals surface area contributed by atoms with E-state index >= 15 is 0 Å². The second-order valence-corrected chi connectivity index (χ2v) is 6.87. The van der Waals surface area contributed by atoms with Gasteiger partial charge in [-0.2, -0.15) is 0 Å². The smallest absolute Gasteiger partial charge is 0.0514 e. The lowest BCUT2D eigenvalue weighted by atomic mass is 10.0. The maximum Gasteiger partial charge on any atom is 0.0514 e. The molecule has 1 atom stereocenters. The molecule has 1 unspecified atom stereocenters. The molecule has 0 heterocycles. The van der Waals surface area contributed by atoms with Gasteiger partial charge in [-0.3, -0.25) is 0 Å². The van der Waals surface area contributed by atoms with Crippen molar-refractivity contribution in [2.45, 2.75) is 25.8 Å². The SMILES string of the molecule is CCCC(Nc1cc(Br)ccc1Br)c1ccc(Cl)cc1. The van der Waals surface area contributed by atoms with Crippen LogP contribution in [0.1, 0.15) is 31.4 Å². The normalized spacial score (nSPS) is 12.2. The highest BCUT2D eigenvalue weighted by atomic mass is 79.9. The van der Waals surface area contributed by atoms with E-state index in [0.717, 1.165) is 32.5 Å². The van der Waals surface area contributed by atoms with Crippen molar-refractivity contribution in [2.75, 3.05) is 5.32 Å². The molecule has 1 nitrogen and oxygen atoms in total. The molecule has 0 saturated heterocycles. The predicted molar refractivity (Wildman–Crippen MR) is 94.6 cm³/mol. The van der Waals surface area contributed by atoms with Crippen LogP contribution >= 0.6 is 43.5 Å². The number of hydrogen-bond acceptors (Lipinski definition) is 1. The van der Waals surface area contributed by atoms with Crippen molar-refractivity contribution in [1.82, 2.24) is 0 Å². The Labute approximate surface area is 142 Å². The third kappa shape index (κ3) is 4.24. The zero-order chi connectivity index (χ0) is 14.5. The van der Waals surface area contributed by atoms with Crippen LogP contribution in [0.4, 0.5) is 5.69 Å². The number of anilines is 1. The fourth-order valence-electron chi connectivity index (χ4n) is 2.10. The summed E-state index contributed by atoms with van der Waals surface area (Å²) in [5.41, 5.74) is 2.34. The first-order chi connectivity index (χ1) is 9.60. The van der Waals surface area contributed by atoms with E-state index in [1.807, 2.05) is 24.3 Å². The van der Waals surface area contributed by atoms with Gasteiger partial charge in [0.25, 0.3) is 0 Å². The molecule has 1 N–H and O–H groups in total. The van der Waals surface area contributed by atoms with Gasteiger partial charge in [0, 0.05) is 14.0 Å². The molecular formula is C16H16Br2ClN. The molecule has 0 amide bonds. The van der Waals surface area contributed by atoms with Crippen LogP contribution in [-0.2, 0) is 0 Å². The maximum atomic E-state index is 5.97. The van der Waals surface area contributed by atoms with E-state index in [0.29, 0.717) is 0 Å². The zero-order valence-corrected chi connectivity index (χ0v) is 15.1. The second kappa shape index (κ2) is 7.48. The number of hydrogen-bond donors (Lipinski definition) is 1. The predicted octanol–water partition coefficient (Wildman–Crippen LogP) is 6.82. The summed E-state index contributed by atoms with van der Waals surface area (Å²) in [6.07, 6.45) is 2.19. The van der Waals surface area contributed by atoms with Crippen molar-refractivity contribution >= 4 is 49.1 Å². The molecule has 2 aromatic carbocycles. The van der Waals surface area contributed by atoms with Gasteiger partial charge in [-0.15, -0.1) is 0 Å². The first-order valence-electron chi connectivity index (χ1n) is 6.57. The molecule has 4 heteroatoms. The summed E-state index contributed by atoms with van der Waals surface area (Å²) >= 11 is 13.1. The molecule has 0 bridgehead atoms. The highest BCUT2D eigenvalue weighted by Crippen LogP contribution is 2.31. The van der Waals surface area contributed by atoms with E-state index in [1.54, 1.807) is 0 Å². The van der Waals surface area contributed by atoms with E-state index in [9.17, 15) is 0 Å². The first-order valence-corrected chi connectivity index (χ1v) is 8.53. The molecule has 0 aromatic heterocycles. The third-order valence-corrected chi connectivity index (χ3v) is 4.54. The number of nitrogens with one attached hydrogen (secondary N) is 1. The minimum absolute atomic E-state index is 0.280. The molecule has 0 spiro atoms. The molecule has 2 aromatic rings. The van der Waals surface area contributed by atoms with Crippen molar-refractivity contribution in [3.05, 3.63) is 62.0 Å². The highest BCUT2D eigenvalue weighted by Gasteiger charge is 2.12. The molecule has 0 radical (unpaired) electrons. The average molecular weight is 418 g/mol. The van der Waals surface area contributed by atoms with Crippen LogP contribution in [0.3, 0.4) is 0 Å². The van der Waals surface area contributed by atoms with Crippen LogP contribution < -0.4 is 5.32 Å². The topological polar surface area (TPSA) is 12.0 Å². The van der Waals surface area contributed by atoms with Gasteiger partial charge in [0.15, 0.2) is 0 Å². The minimum atomic E-state index is 0.280. The lowest BCUT2D eigenvalue weighted by Gasteiger charge is -2.21. The molecule has 0 saturated carbocycles. The van der Waals surface area contributed by atoms with Crippen molar-refractivity contribution < 1.29 is 0 Å². The quantitative estimate of drug-likeness (QED) is 0.563. The Balaban J connectivity index is 2.25. The highest BCUT2D eigenvalue weighted by molar-refractivity contribution is 9.11. The summed E-state index contributed by atoms with van der Waals surface area (Å²) in [6, 6.07) is 14.5. The fourth-order valence-corrected chi connectivity index (χ4v) is 2.95. The van der Waals surface area contributed by atoms with E-state index < -0.39 is 0 Å². The summed E-state index contributed by atoms with van der Waals surface area (Å²) < 4.78 is 2.13. The molecule has 0 aliphatic rings. The third-order valence-electron chi connectivity index (χ3n) is 3.11. The lowest BCUT2D eigenvalue weighted by molar-refractivity contribution is 0.677. The largest absolute Gasteiger partial charge is 0.377 e. The van der Waals surface area contributed by atoms with Gasteiger partial charge >= 0.3 is 0 Å². The summed E-state index contributed by atoms with van der Waals surface area (Å²) in [5.74, 6) is 0. The molecule has 0 fully saturated rings. The standard InChI is InChI=1S/C16H16Br2ClN/c1-2-3-15(11-4-7-13(19)8-5-11)20-16-10-12(17)6-9-14(16)18/h4-10,15,20H,2-3H2,1H3. The Morgan fingerprint density at radius 2 is 1.80 bits per heavy atom. The summed E-state index contributed by atoms with van der Waals surface area (Å²) in [4.78, 5) is 0. The van der Waals surface area contributed by atoms with Gasteiger partial charge in [-0.05, 0) is 58.2 Å². The number of benzene rings is 2. The molecule has 20 heavy (non-hydrogen) atoms. The van der Waals surface area contributed by atoms with Gasteiger partial charge in [0.05, 0.1) is 11.7 Å². The van der Waals surface area contributed by atoms with Crippen LogP contribution in [0, 0.1) is 0 Å². The van der Waals surface area contributed by atoms with Crippen molar-refractivity contribution in [1.29, 1.82) is 0 Å². The molecule has 0 aliphatic carbocycles. The van der Waals surface area contributed by atoms with E-state index in [1.165, 1.54) is 5.56 Å². The summed E-state index contributed by atoms with van der Waals surface area (Å²) in [6.45, 7) is 2.19. The lowest BCUT2D eigenvalue weighted by Crippen LogP contribution is -2.11. The monoisotopic (exact) mass is 415 g/mol. The van der Waals surface area contributed by atoms with Gasteiger partial charge in [0.2, 0.25) is 0 Å². The Kier molecular flexibility index (Phi) is 5.94.